The fraction of sp³-hybridized carbons (Fsp3) is 0.222. The van der Waals surface area contributed by atoms with E-state index in [0.29, 0.717) is 11.3 Å². The van der Waals surface area contributed by atoms with E-state index >= 15 is 0 Å². The molecule has 0 fully saturated rings. The van der Waals surface area contributed by atoms with Gasteiger partial charge in [0.1, 0.15) is 12.4 Å². The Morgan fingerprint density at radius 1 is 1.08 bits per heavy atom. The van der Waals surface area contributed by atoms with Crippen LogP contribution in [0.25, 0.3) is 0 Å². The summed E-state index contributed by atoms with van der Waals surface area (Å²) in [6.07, 6.45) is -0.293. The molecule has 2 aromatic carbocycles. The van der Waals surface area contributed by atoms with E-state index in [9.17, 15) is 14.7 Å². The first-order chi connectivity index (χ1) is 11.6. The number of aromatic hydroxyl groups is 1. The number of ether oxygens (including phenoxy) is 2. The molecule has 126 valence electrons. The number of anilines is 1. The van der Waals surface area contributed by atoms with Gasteiger partial charge in [0.2, 0.25) is 0 Å². The number of rotatable bonds is 6. The summed E-state index contributed by atoms with van der Waals surface area (Å²) in [5, 5.41) is 12.5. The van der Waals surface area contributed by atoms with Gasteiger partial charge in [-0.25, -0.2) is 4.79 Å². The third kappa shape index (κ3) is 5.01. The Balaban J connectivity index is 1.99. The van der Waals surface area contributed by atoms with E-state index in [0.717, 1.165) is 5.56 Å². The van der Waals surface area contributed by atoms with Crippen LogP contribution in [-0.2, 0) is 27.3 Å². The number of nitrogens with one attached hydrogen (secondary N) is 1. The first-order valence-corrected chi connectivity index (χ1v) is 7.45. The standard InChI is InChI=1S/C18H19NO5/c1-23-17(21)11-10-14-15(8-5-9-16(14)20)19-18(22)24-12-13-6-3-2-4-7-13/h2-9,20H,10-12H2,1H3,(H,19,22). The monoisotopic (exact) mass is 329 g/mol. The largest absolute Gasteiger partial charge is 0.508 e. The van der Waals surface area contributed by atoms with Crippen LogP contribution in [0.15, 0.2) is 48.5 Å². The topological polar surface area (TPSA) is 84.9 Å². The van der Waals surface area contributed by atoms with Crippen molar-refractivity contribution in [3.8, 4) is 5.75 Å². The Kier molecular flexibility index (Phi) is 6.19. The second-order valence-electron chi connectivity index (χ2n) is 5.07. The normalized spacial score (nSPS) is 10.0. The summed E-state index contributed by atoms with van der Waals surface area (Å²) in [4.78, 5) is 23.2. The lowest BCUT2D eigenvalue weighted by Crippen LogP contribution is -2.15. The lowest BCUT2D eigenvalue weighted by atomic mass is 10.1. The summed E-state index contributed by atoms with van der Waals surface area (Å²) in [5.41, 5.74) is 1.73. The summed E-state index contributed by atoms with van der Waals surface area (Å²) in [6, 6.07) is 14.0. The van der Waals surface area contributed by atoms with Crippen LogP contribution in [0.5, 0.6) is 5.75 Å². The molecular weight excluding hydrogens is 310 g/mol. The molecule has 0 aliphatic heterocycles. The average Bonchev–Trinajstić information content (AvgIpc) is 2.60. The van der Waals surface area contributed by atoms with Crippen molar-refractivity contribution in [3.05, 3.63) is 59.7 Å². The second-order valence-corrected chi connectivity index (χ2v) is 5.07. The Morgan fingerprint density at radius 2 is 1.83 bits per heavy atom. The highest BCUT2D eigenvalue weighted by atomic mass is 16.5. The SMILES string of the molecule is COC(=O)CCc1c(O)cccc1NC(=O)OCc1ccccc1. The first kappa shape index (κ1) is 17.3. The molecule has 2 rings (SSSR count). The number of carbonyl (C=O) groups excluding carboxylic acids is 2. The number of carbonyl (C=O) groups is 2. The van der Waals surface area contributed by atoms with Crippen LogP contribution in [0.1, 0.15) is 17.5 Å². The van der Waals surface area contributed by atoms with Crippen molar-refractivity contribution >= 4 is 17.7 Å². The molecule has 24 heavy (non-hydrogen) atoms. The molecule has 2 aromatic rings. The van der Waals surface area contributed by atoms with Crippen molar-refractivity contribution < 1.29 is 24.2 Å². The number of benzene rings is 2. The Labute approximate surface area is 140 Å². The summed E-state index contributed by atoms with van der Waals surface area (Å²) in [7, 11) is 1.30. The van der Waals surface area contributed by atoms with Gasteiger partial charge in [-0.1, -0.05) is 36.4 Å². The molecule has 0 spiro atoms. The number of hydrogen-bond donors (Lipinski definition) is 2. The predicted octanol–water partition coefficient (Wildman–Crippen LogP) is 3.25. The zero-order valence-electron chi connectivity index (χ0n) is 13.3. The molecule has 0 aliphatic carbocycles. The number of phenolic OH excluding ortho intramolecular Hbond substituents is 1. The highest BCUT2D eigenvalue weighted by Gasteiger charge is 2.13. The molecule has 2 N–H and O–H groups in total. The van der Waals surface area contributed by atoms with Crippen LogP contribution in [0.4, 0.5) is 10.5 Å². The van der Waals surface area contributed by atoms with Gasteiger partial charge in [-0.3, -0.25) is 10.1 Å². The Morgan fingerprint density at radius 3 is 2.54 bits per heavy atom. The fourth-order valence-electron chi connectivity index (χ4n) is 2.15. The van der Waals surface area contributed by atoms with Crippen LogP contribution in [0, 0.1) is 0 Å². The number of methoxy groups -OCH3 is 1. The number of hydrogen-bond acceptors (Lipinski definition) is 5. The molecule has 0 atom stereocenters. The first-order valence-electron chi connectivity index (χ1n) is 7.45. The van der Waals surface area contributed by atoms with Crippen molar-refractivity contribution in [2.24, 2.45) is 0 Å². The van der Waals surface area contributed by atoms with Gasteiger partial charge in [-0.15, -0.1) is 0 Å². The average molecular weight is 329 g/mol. The maximum Gasteiger partial charge on any atom is 0.411 e. The quantitative estimate of drug-likeness (QED) is 0.795. The number of phenols is 1. The van der Waals surface area contributed by atoms with Crippen LogP contribution in [-0.4, -0.2) is 24.3 Å². The van der Waals surface area contributed by atoms with Crippen molar-refractivity contribution in [1.82, 2.24) is 0 Å². The van der Waals surface area contributed by atoms with E-state index in [1.165, 1.54) is 13.2 Å². The van der Waals surface area contributed by atoms with Crippen molar-refractivity contribution in [2.75, 3.05) is 12.4 Å². The van der Waals surface area contributed by atoms with Crippen LogP contribution >= 0.6 is 0 Å². The molecule has 1 amide bonds. The highest BCUT2D eigenvalue weighted by Crippen LogP contribution is 2.27. The van der Waals surface area contributed by atoms with E-state index in [4.69, 9.17) is 4.74 Å². The molecule has 6 heteroatoms. The smallest absolute Gasteiger partial charge is 0.411 e. The minimum atomic E-state index is -0.635. The minimum absolute atomic E-state index is 0.000220. The fourth-order valence-corrected chi connectivity index (χ4v) is 2.15. The van der Waals surface area contributed by atoms with Crippen molar-refractivity contribution in [3.63, 3.8) is 0 Å². The van der Waals surface area contributed by atoms with E-state index in [1.807, 2.05) is 30.3 Å². The maximum absolute atomic E-state index is 11.9. The van der Waals surface area contributed by atoms with Gasteiger partial charge in [-0.05, 0) is 24.1 Å². The number of esters is 1. The summed E-state index contributed by atoms with van der Waals surface area (Å²) >= 11 is 0. The van der Waals surface area contributed by atoms with E-state index in [1.54, 1.807) is 12.1 Å². The molecule has 0 radical (unpaired) electrons. The molecule has 6 nitrogen and oxygen atoms in total. The molecule has 0 bridgehead atoms. The van der Waals surface area contributed by atoms with Crippen LogP contribution < -0.4 is 5.32 Å². The van der Waals surface area contributed by atoms with Gasteiger partial charge in [-0.2, -0.15) is 0 Å². The summed E-state index contributed by atoms with van der Waals surface area (Å²) < 4.78 is 9.74. The van der Waals surface area contributed by atoms with Gasteiger partial charge in [0.05, 0.1) is 12.8 Å². The van der Waals surface area contributed by atoms with E-state index < -0.39 is 12.1 Å². The third-order valence-corrected chi connectivity index (χ3v) is 3.41. The second kappa shape index (κ2) is 8.57. The van der Waals surface area contributed by atoms with Crippen molar-refractivity contribution in [1.29, 1.82) is 0 Å². The van der Waals surface area contributed by atoms with Gasteiger partial charge >= 0.3 is 12.1 Å². The zero-order valence-corrected chi connectivity index (χ0v) is 13.3. The molecule has 0 aromatic heterocycles. The summed E-state index contributed by atoms with van der Waals surface area (Å²) in [6.45, 7) is 0.142. The molecular formula is C18H19NO5. The Bertz CT molecular complexity index is 700. The molecule has 0 unspecified atom stereocenters. The highest BCUT2D eigenvalue weighted by molar-refractivity contribution is 5.86. The summed E-state index contributed by atoms with van der Waals surface area (Å²) in [5.74, 6) is -0.393. The molecule has 0 aliphatic rings. The van der Waals surface area contributed by atoms with Gasteiger partial charge in [0, 0.05) is 12.0 Å². The van der Waals surface area contributed by atoms with E-state index in [-0.39, 0.29) is 25.2 Å². The van der Waals surface area contributed by atoms with Crippen molar-refractivity contribution in [2.45, 2.75) is 19.4 Å². The zero-order chi connectivity index (χ0) is 17.4. The lowest BCUT2D eigenvalue weighted by molar-refractivity contribution is -0.140. The molecule has 0 saturated carbocycles. The van der Waals surface area contributed by atoms with Crippen LogP contribution in [0.2, 0.25) is 0 Å². The van der Waals surface area contributed by atoms with Crippen LogP contribution in [0.3, 0.4) is 0 Å². The number of amides is 1. The molecule has 0 heterocycles. The lowest BCUT2D eigenvalue weighted by Gasteiger charge is -2.12. The van der Waals surface area contributed by atoms with Gasteiger partial charge in [0.25, 0.3) is 0 Å². The minimum Gasteiger partial charge on any atom is -0.508 e. The Hall–Kier alpha value is -3.02. The maximum atomic E-state index is 11.9. The van der Waals surface area contributed by atoms with Gasteiger partial charge < -0.3 is 14.6 Å². The van der Waals surface area contributed by atoms with E-state index in [2.05, 4.69) is 10.1 Å². The molecule has 0 saturated heterocycles. The third-order valence-electron chi connectivity index (χ3n) is 3.41. The van der Waals surface area contributed by atoms with Gasteiger partial charge in [0.15, 0.2) is 0 Å². The predicted molar refractivity (Wildman–Crippen MR) is 88.7 cm³/mol.